The van der Waals surface area contributed by atoms with Gasteiger partial charge in [0.2, 0.25) is 0 Å². The number of carbonyl (C=O) groups is 1. The van der Waals surface area contributed by atoms with Crippen LogP contribution in [0.4, 0.5) is 17.2 Å². The second-order valence-electron chi connectivity index (χ2n) is 3.90. The first-order valence-electron chi connectivity index (χ1n) is 5.39. The van der Waals surface area contributed by atoms with Crippen LogP contribution in [0.5, 0.6) is 0 Å². The largest absolute Gasteiger partial charge is 0.478 e. The van der Waals surface area contributed by atoms with Gasteiger partial charge >= 0.3 is 5.97 Å². The molecular weight excluding hydrogens is 230 g/mol. The quantitative estimate of drug-likeness (QED) is 0.770. The second-order valence-corrected chi connectivity index (χ2v) is 3.90. The molecule has 92 valence electrons. The summed E-state index contributed by atoms with van der Waals surface area (Å²) in [5, 5.41) is 11.9. The summed E-state index contributed by atoms with van der Waals surface area (Å²) in [7, 11) is 0. The van der Waals surface area contributed by atoms with Gasteiger partial charge in [-0.25, -0.2) is 9.78 Å². The van der Waals surface area contributed by atoms with Gasteiger partial charge in [0, 0.05) is 11.9 Å². The molecule has 0 aliphatic carbocycles. The fraction of sp³-hybridized carbons (Fsp3) is 0.0769. The predicted octanol–water partition coefficient (Wildman–Crippen LogP) is 2.41. The van der Waals surface area contributed by atoms with Crippen molar-refractivity contribution in [1.82, 2.24) is 4.98 Å². The van der Waals surface area contributed by atoms with Gasteiger partial charge in [-0.1, -0.05) is 6.07 Å². The number of hydrogen-bond donors (Lipinski definition) is 3. The molecule has 1 aromatic heterocycles. The van der Waals surface area contributed by atoms with E-state index in [0.29, 0.717) is 17.2 Å². The number of nitrogens with two attached hydrogens (primary N) is 1. The van der Waals surface area contributed by atoms with Crippen molar-refractivity contribution in [2.45, 2.75) is 6.92 Å². The first-order chi connectivity index (χ1) is 8.58. The molecule has 0 radical (unpaired) electrons. The molecular formula is C13H13N3O2. The Morgan fingerprint density at radius 3 is 2.89 bits per heavy atom. The molecule has 4 N–H and O–H groups in total. The predicted molar refractivity (Wildman–Crippen MR) is 70.1 cm³/mol. The first-order valence-corrected chi connectivity index (χ1v) is 5.39. The van der Waals surface area contributed by atoms with Crippen LogP contribution in [0.25, 0.3) is 0 Å². The Morgan fingerprint density at radius 1 is 1.39 bits per heavy atom. The van der Waals surface area contributed by atoms with E-state index < -0.39 is 5.97 Å². The standard InChI is InChI=1S/C13H13N3O2/c1-8-5-6-15-12(11(8)14)16-10-4-2-3-9(7-10)13(17)18/h2-7H,14H2,1H3,(H,15,16)(H,17,18). The van der Waals surface area contributed by atoms with E-state index in [-0.39, 0.29) is 5.56 Å². The number of pyridine rings is 1. The molecule has 0 bridgehead atoms. The average molecular weight is 243 g/mol. The third-order valence-corrected chi connectivity index (χ3v) is 2.58. The van der Waals surface area contributed by atoms with Crippen molar-refractivity contribution in [1.29, 1.82) is 0 Å². The number of aromatic carboxylic acids is 1. The molecule has 18 heavy (non-hydrogen) atoms. The zero-order chi connectivity index (χ0) is 13.1. The SMILES string of the molecule is Cc1ccnc(Nc2cccc(C(=O)O)c2)c1N. The molecule has 0 spiro atoms. The van der Waals surface area contributed by atoms with Crippen molar-refractivity contribution in [2.24, 2.45) is 0 Å². The minimum absolute atomic E-state index is 0.214. The molecule has 5 heteroatoms. The van der Waals surface area contributed by atoms with E-state index in [9.17, 15) is 4.79 Å². The maximum atomic E-state index is 10.9. The van der Waals surface area contributed by atoms with E-state index in [1.807, 2.05) is 13.0 Å². The summed E-state index contributed by atoms with van der Waals surface area (Å²) < 4.78 is 0. The van der Waals surface area contributed by atoms with Crippen LogP contribution in [-0.2, 0) is 0 Å². The Kier molecular flexibility index (Phi) is 3.14. The van der Waals surface area contributed by atoms with E-state index in [4.69, 9.17) is 10.8 Å². The van der Waals surface area contributed by atoms with Crippen LogP contribution in [0.3, 0.4) is 0 Å². The van der Waals surface area contributed by atoms with Crippen molar-refractivity contribution in [3.63, 3.8) is 0 Å². The summed E-state index contributed by atoms with van der Waals surface area (Å²) in [6, 6.07) is 8.30. The average Bonchev–Trinajstić information content (AvgIpc) is 2.35. The van der Waals surface area contributed by atoms with Gasteiger partial charge in [-0.3, -0.25) is 0 Å². The Bertz CT molecular complexity index is 597. The number of carboxylic acid groups (broad SMARTS) is 1. The molecule has 1 aromatic carbocycles. The molecule has 1 heterocycles. The van der Waals surface area contributed by atoms with Crippen molar-refractivity contribution >= 4 is 23.2 Å². The second kappa shape index (κ2) is 4.75. The van der Waals surface area contributed by atoms with Crippen LogP contribution in [0.2, 0.25) is 0 Å². The Morgan fingerprint density at radius 2 is 2.17 bits per heavy atom. The smallest absolute Gasteiger partial charge is 0.335 e. The number of benzene rings is 1. The minimum atomic E-state index is -0.969. The summed E-state index contributed by atoms with van der Waals surface area (Å²) in [6.45, 7) is 1.88. The molecule has 0 saturated carbocycles. The molecule has 0 amide bonds. The Labute approximate surface area is 104 Å². The highest BCUT2D eigenvalue weighted by atomic mass is 16.4. The number of aromatic nitrogens is 1. The van der Waals surface area contributed by atoms with E-state index in [0.717, 1.165) is 5.56 Å². The van der Waals surface area contributed by atoms with E-state index in [1.54, 1.807) is 18.3 Å². The molecule has 0 atom stereocenters. The highest BCUT2D eigenvalue weighted by Gasteiger charge is 2.06. The zero-order valence-corrected chi connectivity index (χ0v) is 9.84. The number of rotatable bonds is 3. The van der Waals surface area contributed by atoms with Gasteiger partial charge in [0.15, 0.2) is 5.82 Å². The van der Waals surface area contributed by atoms with Gasteiger partial charge in [-0.15, -0.1) is 0 Å². The van der Waals surface area contributed by atoms with Gasteiger partial charge in [-0.05, 0) is 36.8 Å². The Balaban J connectivity index is 2.31. The topological polar surface area (TPSA) is 88.2 Å². The molecule has 2 aromatic rings. The van der Waals surface area contributed by atoms with E-state index in [1.165, 1.54) is 12.1 Å². The molecule has 0 unspecified atom stereocenters. The maximum Gasteiger partial charge on any atom is 0.335 e. The Hall–Kier alpha value is -2.56. The number of nitrogens with zero attached hydrogens (tertiary/aromatic N) is 1. The lowest BCUT2D eigenvalue weighted by Crippen LogP contribution is -2.02. The molecule has 5 nitrogen and oxygen atoms in total. The molecule has 0 aliphatic heterocycles. The lowest BCUT2D eigenvalue weighted by Gasteiger charge is -2.10. The summed E-state index contributed by atoms with van der Waals surface area (Å²) in [4.78, 5) is 15.0. The number of anilines is 3. The van der Waals surface area contributed by atoms with Crippen LogP contribution in [-0.4, -0.2) is 16.1 Å². The van der Waals surface area contributed by atoms with Crippen LogP contribution < -0.4 is 11.1 Å². The van der Waals surface area contributed by atoms with Crippen molar-refractivity contribution in [2.75, 3.05) is 11.1 Å². The van der Waals surface area contributed by atoms with Crippen molar-refractivity contribution in [3.05, 3.63) is 47.7 Å². The number of aryl methyl sites for hydroxylation is 1. The number of nitrogens with one attached hydrogen (secondary N) is 1. The normalized spacial score (nSPS) is 10.1. The summed E-state index contributed by atoms with van der Waals surface area (Å²) >= 11 is 0. The van der Waals surface area contributed by atoms with Crippen LogP contribution in [0.15, 0.2) is 36.5 Å². The highest BCUT2D eigenvalue weighted by Crippen LogP contribution is 2.23. The number of nitrogen functional groups attached to an aromatic ring is 1. The van der Waals surface area contributed by atoms with Gasteiger partial charge < -0.3 is 16.2 Å². The lowest BCUT2D eigenvalue weighted by molar-refractivity contribution is 0.0697. The van der Waals surface area contributed by atoms with Gasteiger partial charge in [0.25, 0.3) is 0 Å². The number of carboxylic acids is 1. The summed E-state index contributed by atoms with van der Waals surface area (Å²) in [6.07, 6.45) is 1.65. The van der Waals surface area contributed by atoms with Crippen LogP contribution in [0, 0.1) is 6.92 Å². The molecule has 0 fully saturated rings. The van der Waals surface area contributed by atoms with E-state index in [2.05, 4.69) is 10.3 Å². The third kappa shape index (κ3) is 2.40. The van der Waals surface area contributed by atoms with Crippen LogP contribution >= 0.6 is 0 Å². The number of hydrogen-bond acceptors (Lipinski definition) is 4. The maximum absolute atomic E-state index is 10.9. The third-order valence-electron chi connectivity index (χ3n) is 2.58. The molecule has 0 saturated heterocycles. The van der Waals surface area contributed by atoms with Gasteiger partial charge in [0.05, 0.1) is 11.3 Å². The van der Waals surface area contributed by atoms with Crippen LogP contribution in [0.1, 0.15) is 15.9 Å². The highest BCUT2D eigenvalue weighted by molar-refractivity contribution is 5.89. The van der Waals surface area contributed by atoms with Crippen molar-refractivity contribution in [3.8, 4) is 0 Å². The molecule has 2 rings (SSSR count). The minimum Gasteiger partial charge on any atom is -0.478 e. The van der Waals surface area contributed by atoms with Gasteiger partial charge in [0.1, 0.15) is 0 Å². The zero-order valence-electron chi connectivity index (χ0n) is 9.84. The summed E-state index contributed by atoms with van der Waals surface area (Å²) in [5.41, 5.74) is 8.21. The fourth-order valence-corrected chi connectivity index (χ4v) is 1.54. The van der Waals surface area contributed by atoms with Crippen molar-refractivity contribution < 1.29 is 9.90 Å². The van der Waals surface area contributed by atoms with Gasteiger partial charge in [-0.2, -0.15) is 0 Å². The summed E-state index contributed by atoms with van der Waals surface area (Å²) in [5.74, 6) is -0.443. The first kappa shape index (κ1) is 11.9. The van der Waals surface area contributed by atoms with E-state index >= 15 is 0 Å². The lowest BCUT2D eigenvalue weighted by atomic mass is 10.2. The monoisotopic (exact) mass is 243 g/mol. The fourth-order valence-electron chi connectivity index (χ4n) is 1.54. The molecule has 0 aliphatic rings.